The molecule has 0 aromatic rings. The van der Waals surface area contributed by atoms with Gasteiger partial charge in [0.2, 0.25) is 0 Å². The maximum Gasteiger partial charge on any atom is 0.123 e. The first-order valence-corrected chi connectivity index (χ1v) is 6.06. The number of hydrogen-bond donors (Lipinski definition) is 0. The Bertz CT molecular complexity index is 179. The van der Waals surface area contributed by atoms with E-state index in [9.17, 15) is 4.79 Å². The minimum Gasteiger partial charge on any atom is -0.303 e. The van der Waals surface area contributed by atoms with Crippen LogP contribution in [0.15, 0.2) is 0 Å². The molecule has 2 rings (SSSR count). The lowest BCUT2D eigenvalue weighted by Crippen LogP contribution is -2.37. The van der Waals surface area contributed by atoms with Gasteiger partial charge < -0.3 is 9.69 Å². The average Bonchev–Trinajstić information content (AvgIpc) is 2.72. The van der Waals surface area contributed by atoms with E-state index in [2.05, 4.69) is 4.90 Å². The van der Waals surface area contributed by atoms with Crippen LogP contribution in [0.5, 0.6) is 0 Å². The second-order valence-corrected chi connectivity index (χ2v) is 4.92. The van der Waals surface area contributed by atoms with Gasteiger partial charge in [-0.2, -0.15) is 0 Å². The standard InChI is InChI=1S/C12H21NO/c14-10-12-5-7-13(8-6-12)9-11-3-1-2-4-11/h10-12H,1-9H2. The van der Waals surface area contributed by atoms with Crippen molar-refractivity contribution >= 4 is 6.29 Å². The number of rotatable bonds is 3. The highest BCUT2D eigenvalue weighted by atomic mass is 16.1. The zero-order valence-electron chi connectivity index (χ0n) is 8.95. The Labute approximate surface area is 86.7 Å². The zero-order chi connectivity index (χ0) is 9.80. The van der Waals surface area contributed by atoms with Gasteiger partial charge in [-0.3, -0.25) is 0 Å². The van der Waals surface area contributed by atoms with Crippen LogP contribution < -0.4 is 0 Å². The third-order valence-corrected chi connectivity index (χ3v) is 3.82. The summed E-state index contributed by atoms with van der Waals surface area (Å²) < 4.78 is 0. The molecule has 0 bridgehead atoms. The first kappa shape index (κ1) is 10.2. The molecular formula is C12H21NO. The van der Waals surface area contributed by atoms with Crippen molar-refractivity contribution < 1.29 is 4.79 Å². The second kappa shape index (κ2) is 4.92. The fourth-order valence-corrected chi connectivity index (χ4v) is 2.83. The van der Waals surface area contributed by atoms with Crippen LogP contribution in [0.3, 0.4) is 0 Å². The van der Waals surface area contributed by atoms with Gasteiger partial charge in [0.15, 0.2) is 0 Å². The van der Waals surface area contributed by atoms with E-state index in [0.717, 1.165) is 38.1 Å². The molecule has 1 aliphatic heterocycles. The van der Waals surface area contributed by atoms with Crippen molar-refractivity contribution in [2.24, 2.45) is 11.8 Å². The number of hydrogen-bond acceptors (Lipinski definition) is 2. The number of aldehydes is 1. The topological polar surface area (TPSA) is 20.3 Å². The molecule has 1 heterocycles. The molecular weight excluding hydrogens is 174 g/mol. The molecule has 2 heteroatoms. The maximum absolute atomic E-state index is 10.6. The Kier molecular flexibility index (Phi) is 3.57. The van der Waals surface area contributed by atoms with Crippen molar-refractivity contribution in [1.29, 1.82) is 0 Å². The summed E-state index contributed by atoms with van der Waals surface area (Å²) in [5.41, 5.74) is 0. The van der Waals surface area contributed by atoms with Crippen molar-refractivity contribution in [1.82, 2.24) is 4.90 Å². The average molecular weight is 195 g/mol. The molecule has 0 unspecified atom stereocenters. The van der Waals surface area contributed by atoms with E-state index in [0.29, 0.717) is 5.92 Å². The van der Waals surface area contributed by atoms with Gasteiger partial charge in [-0.25, -0.2) is 0 Å². The number of carbonyl (C=O) groups excluding carboxylic acids is 1. The van der Waals surface area contributed by atoms with Gasteiger partial charge in [-0.05, 0) is 44.7 Å². The first-order chi connectivity index (χ1) is 6.88. The fourth-order valence-electron chi connectivity index (χ4n) is 2.83. The Morgan fingerprint density at radius 1 is 1.07 bits per heavy atom. The first-order valence-electron chi connectivity index (χ1n) is 6.06. The Hall–Kier alpha value is -0.370. The minimum absolute atomic E-state index is 0.356. The quantitative estimate of drug-likeness (QED) is 0.643. The number of likely N-dealkylation sites (tertiary alicyclic amines) is 1. The molecule has 0 aromatic carbocycles. The van der Waals surface area contributed by atoms with Gasteiger partial charge in [0.05, 0.1) is 0 Å². The molecule has 0 radical (unpaired) electrons. The number of nitrogens with zero attached hydrogens (tertiary/aromatic N) is 1. The van der Waals surface area contributed by atoms with Crippen LogP contribution in [0.4, 0.5) is 0 Å². The lowest BCUT2D eigenvalue weighted by atomic mass is 9.97. The third-order valence-electron chi connectivity index (χ3n) is 3.82. The molecule has 0 spiro atoms. The van der Waals surface area contributed by atoms with Crippen LogP contribution in [-0.4, -0.2) is 30.8 Å². The Morgan fingerprint density at radius 3 is 2.29 bits per heavy atom. The van der Waals surface area contributed by atoms with Crippen LogP contribution in [0, 0.1) is 11.8 Å². The molecule has 2 nitrogen and oxygen atoms in total. The van der Waals surface area contributed by atoms with Crippen molar-refractivity contribution in [3.05, 3.63) is 0 Å². The third kappa shape index (κ3) is 2.57. The normalized spacial score (nSPS) is 26.9. The van der Waals surface area contributed by atoms with Gasteiger partial charge >= 0.3 is 0 Å². The SMILES string of the molecule is O=CC1CCN(CC2CCCC2)CC1. The molecule has 1 saturated carbocycles. The molecule has 2 fully saturated rings. The van der Waals surface area contributed by atoms with Crippen LogP contribution in [0.1, 0.15) is 38.5 Å². The summed E-state index contributed by atoms with van der Waals surface area (Å²) in [7, 11) is 0. The summed E-state index contributed by atoms with van der Waals surface area (Å²) >= 11 is 0. The lowest BCUT2D eigenvalue weighted by Gasteiger charge is -2.31. The smallest absolute Gasteiger partial charge is 0.123 e. The molecule has 0 amide bonds. The molecule has 1 saturated heterocycles. The molecule has 0 N–H and O–H groups in total. The van der Waals surface area contributed by atoms with E-state index in [1.807, 2.05) is 0 Å². The monoisotopic (exact) mass is 195 g/mol. The Balaban J connectivity index is 1.69. The van der Waals surface area contributed by atoms with E-state index in [-0.39, 0.29) is 0 Å². The molecule has 2 aliphatic rings. The lowest BCUT2D eigenvalue weighted by molar-refractivity contribution is -0.112. The minimum atomic E-state index is 0.356. The largest absolute Gasteiger partial charge is 0.303 e. The summed E-state index contributed by atoms with van der Waals surface area (Å²) in [5.74, 6) is 1.32. The van der Waals surface area contributed by atoms with Gasteiger partial charge in [0.25, 0.3) is 0 Å². The second-order valence-electron chi connectivity index (χ2n) is 4.92. The van der Waals surface area contributed by atoms with Crippen molar-refractivity contribution in [2.75, 3.05) is 19.6 Å². The van der Waals surface area contributed by atoms with Crippen molar-refractivity contribution in [3.8, 4) is 0 Å². The van der Waals surface area contributed by atoms with Gasteiger partial charge in [-0.1, -0.05) is 12.8 Å². The van der Waals surface area contributed by atoms with E-state index in [1.165, 1.54) is 32.2 Å². The van der Waals surface area contributed by atoms with E-state index in [4.69, 9.17) is 0 Å². The van der Waals surface area contributed by atoms with Crippen LogP contribution in [0.25, 0.3) is 0 Å². The fraction of sp³-hybridized carbons (Fsp3) is 0.917. The summed E-state index contributed by atoms with van der Waals surface area (Å²) in [4.78, 5) is 13.2. The predicted octanol–water partition coefficient (Wildman–Crippen LogP) is 2.09. The number of carbonyl (C=O) groups is 1. The molecule has 1 aliphatic carbocycles. The zero-order valence-corrected chi connectivity index (χ0v) is 8.95. The van der Waals surface area contributed by atoms with E-state index >= 15 is 0 Å². The molecule has 14 heavy (non-hydrogen) atoms. The van der Waals surface area contributed by atoms with E-state index in [1.54, 1.807) is 0 Å². The number of piperidine rings is 1. The summed E-state index contributed by atoms with van der Waals surface area (Å²) in [6.45, 7) is 3.60. The summed E-state index contributed by atoms with van der Waals surface area (Å²) in [6.07, 6.45) is 9.09. The van der Waals surface area contributed by atoms with Gasteiger partial charge in [0, 0.05) is 12.5 Å². The maximum atomic E-state index is 10.6. The van der Waals surface area contributed by atoms with Crippen molar-refractivity contribution in [3.63, 3.8) is 0 Å². The highest BCUT2D eigenvalue weighted by molar-refractivity contribution is 5.53. The summed E-state index contributed by atoms with van der Waals surface area (Å²) in [5, 5.41) is 0. The van der Waals surface area contributed by atoms with Gasteiger partial charge in [0.1, 0.15) is 6.29 Å². The predicted molar refractivity (Wildman–Crippen MR) is 57.2 cm³/mol. The van der Waals surface area contributed by atoms with Crippen molar-refractivity contribution in [2.45, 2.75) is 38.5 Å². The summed E-state index contributed by atoms with van der Waals surface area (Å²) in [6, 6.07) is 0. The highest BCUT2D eigenvalue weighted by Crippen LogP contribution is 2.26. The Morgan fingerprint density at radius 2 is 1.71 bits per heavy atom. The molecule has 0 atom stereocenters. The van der Waals surface area contributed by atoms with Crippen LogP contribution in [-0.2, 0) is 4.79 Å². The molecule has 0 aromatic heterocycles. The van der Waals surface area contributed by atoms with Gasteiger partial charge in [-0.15, -0.1) is 0 Å². The van der Waals surface area contributed by atoms with Crippen LogP contribution >= 0.6 is 0 Å². The molecule has 80 valence electrons. The van der Waals surface area contributed by atoms with E-state index < -0.39 is 0 Å². The highest BCUT2D eigenvalue weighted by Gasteiger charge is 2.22. The van der Waals surface area contributed by atoms with Crippen LogP contribution in [0.2, 0.25) is 0 Å².